The zero-order valence-corrected chi connectivity index (χ0v) is 43.0. The van der Waals surface area contributed by atoms with Crippen LogP contribution in [0.15, 0.2) is 109 Å². The number of esters is 1. The molecule has 5 rings (SSSR count). The predicted octanol–water partition coefficient (Wildman–Crippen LogP) is 7.68. The van der Waals surface area contributed by atoms with E-state index >= 15 is 0 Å². The Kier molecular flexibility index (Phi) is 25.1. The first kappa shape index (κ1) is 56.9. The van der Waals surface area contributed by atoms with E-state index in [4.69, 9.17) is 9.84 Å². The third-order valence-corrected chi connectivity index (χ3v) is 13.9. The summed E-state index contributed by atoms with van der Waals surface area (Å²) < 4.78 is 4.94. The molecule has 5 N–H and O–H groups in total. The lowest BCUT2D eigenvalue weighted by atomic mass is 9.97. The van der Waals surface area contributed by atoms with E-state index in [0.29, 0.717) is 49.7 Å². The molecule has 0 aliphatic carbocycles. The molecule has 5 aromatic rings. The van der Waals surface area contributed by atoms with Crippen LogP contribution >= 0.6 is 35.3 Å². The molecule has 0 spiro atoms. The first-order valence-electron chi connectivity index (χ1n) is 23.1. The molecule has 5 aromatic carbocycles. The molecule has 376 valence electrons. The lowest BCUT2D eigenvalue weighted by Crippen LogP contribution is -2.51. The highest BCUT2D eigenvalue weighted by molar-refractivity contribution is 7.99. The second kappa shape index (κ2) is 30.8. The highest BCUT2D eigenvalue weighted by Crippen LogP contribution is 2.22. The number of carbonyl (C=O) groups excluding carboxylic acids is 4. The molecule has 0 saturated heterocycles. The van der Waals surface area contributed by atoms with Crippen molar-refractivity contribution in [2.45, 2.75) is 70.1 Å². The van der Waals surface area contributed by atoms with E-state index in [1.807, 2.05) is 59.9 Å². The topological polar surface area (TPSA) is 209 Å². The highest BCUT2D eigenvalue weighted by Gasteiger charge is 2.26. The SMILES string of the molecule is CC[C@H](C)[C@@H](CN(CC(=O)N[C@@H](CCSC)C(=O)OC)Cc1cccc2ccccc12)NC(=O)CSCc1ccc([N+](=O)[O-])cc1.CSCC[C@H](NC(=O)CNCc1cccc2ccccc12)C(=O)O. The molecule has 0 heterocycles. The van der Waals surface area contributed by atoms with Gasteiger partial charge in [-0.25, -0.2) is 9.59 Å². The first-order chi connectivity index (χ1) is 33.8. The summed E-state index contributed by atoms with van der Waals surface area (Å²) in [6, 6.07) is 32.9. The molecular formula is C52H66N6O9S3. The number of hydrogen-bond donors (Lipinski definition) is 5. The van der Waals surface area contributed by atoms with Gasteiger partial charge in [-0.1, -0.05) is 117 Å². The molecular weight excluding hydrogens is 949 g/mol. The van der Waals surface area contributed by atoms with Crippen LogP contribution in [0.5, 0.6) is 0 Å². The lowest BCUT2D eigenvalue weighted by Gasteiger charge is -2.31. The van der Waals surface area contributed by atoms with Crippen molar-refractivity contribution in [3.8, 4) is 0 Å². The van der Waals surface area contributed by atoms with E-state index in [-0.39, 0.29) is 54.2 Å². The van der Waals surface area contributed by atoms with E-state index in [1.165, 1.54) is 31.0 Å². The molecule has 0 saturated carbocycles. The van der Waals surface area contributed by atoms with E-state index in [2.05, 4.69) is 77.6 Å². The molecule has 0 aromatic heterocycles. The van der Waals surface area contributed by atoms with Crippen molar-refractivity contribution in [1.29, 1.82) is 0 Å². The molecule has 0 unspecified atom stereocenters. The molecule has 3 amide bonds. The fourth-order valence-corrected chi connectivity index (χ4v) is 9.32. The summed E-state index contributed by atoms with van der Waals surface area (Å²) in [5.74, 6) is 0.124. The first-order valence-corrected chi connectivity index (χ1v) is 27.0. The standard InChI is InChI=1S/C34H44N4O6S2.C18H22N2O3S/c1-5-24(2)31(36-33(40)23-46-22-25-13-15-28(16-14-25)38(42)43)20-37(19-27-11-8-10-26-9-6-7-12-29(26)27)21-32(39)35-30(17-18-45-4)34(41)44-3;1-24-10-9-16(18(22)23)20-17(21)12-19-11-14-7-4-6-13-5-2-3-8-15(13)14/h6-16,24,30-31H,5,17-23H2,1-4H3,(H,35,39)(H,36,40);2-8,16,19H,9-12H2,1H3,(H,20,21)(H,22,23)/t24-,30-,31+;16-/m00/s1. The Morgan fingerprint density at radius 2 is 1.31 bits per heavy atom. The Balaban J connectivity index is 0.000000371. The summed E-state index contributed by atoms with van der Waals surface area (Å²) in [7, 11) is 1.32. The quantitative estimate of drug-likeness (QED) is 0.0185. The number of nitrogens with zero attached hydrogens (tertiary/aromatic N) is 2. The van der Waals surface area contributed by atoms with Crippen LogP contribution in [0, 0.1) is 16.0 Å². The van der Waals surface area contributed by atoms with Crippen molar-refractivity contribution in [3.05, 3.63) is 136 Å². The minimum absolute atomic E-state index is 0.0328. The van der Waals surface area contributed by atoms with Gasteiger partial charge >= 0.3 is 11.9 Å². The molecule has 15 nitrogen and oxygen atoms in total. The largest absolute Gasteiger partial charge is 0.480 e. The minimum atomic E-state index is -0.994. The van der Waals surface area contributed by atoms with Gasteiger partial charge in [0.05, 0.1) is 30.9 Å². The van der Waals surface area contributed by atoms with Gasteiger partial charge in [0.1, 0.15) is 12.1 Å². The summed E-state index contributed by atoms with van der Waals surface area (Å²) in [4.78, 5) is 74.5. The average Bonchev–Trinajstić information content (AvgIpc) is 3.36. The number of methoxy groups -OCH3 is 1. The number of nitro groups is 1. The Labute approximate surface area is 423 Å². The lowest BCUT2D eigenvalue weighted by molar-refractivity contribution is -0.384. The van der Waals surface area contributed by atoms with Gasteiger partial charge in [0.15, 0.2) is 0 Å². The Bertz CT molecular complexity index is 2470. The minimum Gasteiger partial charge on any atom is -0.480 e. The number of thioether (sulfide) groups is 3. The Morgan fingerprint density at radius 3 is 1.90 bits per heavy atom. The second-order valence-electron chi connectivity index (χ2n) is 16.7. The molecule has 18 heteroatoms. The number of nitrogens with one attached hydrogen (secondary N) is 4. The summed E-state index contributed by atoms with van der Waals surface area (Å²) in [6.07, 6.45) is 5.57. The van der Waals surface area contributed by atoms with Gasteiger partial charge in [-0.05, 0) is 81.0 Å². The number of amides is 3. The number of carboxylic acids is 1. The van der Waals surface area contributed by atoms with Crippen molar-refractivity contribution in [3.63, 3.8) is 0 Å². The van der Waals surface area contributed by atoms with Gasteiger partial charge in [-0.3, -0.25) is 29.4 Å². The number of ether oxygens (including phenoxy) is 1. The van der Waals surface area contributed by atoms with Crippen LogP contribution in [0.2, 0.25) is 0 Å². The number of non-ortho nitro benzene ring substituents is 1. The highest BCUT2D eigenvalue weighted by atomic mass is 32.2. The molecule has 0 bridgehead atoms. The van der Waals surface area contributed by atoms with E-state index in [9.17, 15) is 34.1 Å². The van der Waals surface area contributed by atoms with Gasteiger partial charge in [0.2, 0.25) is 17.7 Å². The Morgan fingerprint density at radius 1 is 0.743 bits per heavy atom. The molecule has 4 atom stereocenters. The van der Waals surface area contributed by atoms with Gasteiger partial charge in [-0.15, -0.1) is 11.8 Å². The van der Waals surface area contributed by atoms with Crippen LogP contribution in [0.4, 0.5) is 5.69 Å². The number of nitro benzene ring substituents is 1. The van der Waals surface area contributed by atoms with Gasteiger partial charge in [-0.2, -0.15) is 23.5 Å². The van der Waals surface area contributed by atoms with Crippen LogP contribution in [0.1, 0.15) is 49.8 Å². The number of carboxylic acid groups (broad SMARTS) is 1. The van der Waals surface area contributed by atoms with Crippen LogP contribution in [0.25, 0.3) is 21.5 Å². The fraction of sp³-hybridized carbons (Fsp3) is 0.404. The van der Waals surface area contributed by atoms with Crippen LogP contribution in [-0.2, 0) is 47.6 Å². The number of rotatable bonds is 28. The molecule has 0 radical (unpaired) electrons. The number of benzene rings is 5. The zero-order valence-electron chi connectivity index (χ0n) is 40.5. The number of hydrogen-bond acceptors (Lipinski definition) is 13. The third-order valence-electron chi connectivity index (χ3n) is 11.6. The number of carbonyl (C=O) groups is 5. The van der Waals surface area contributed by atoms with Crippen molar-refractivity contribution in [2.24, 2.45) is 5.92 Å². The smallest absolute Gasteiger partial charge is 0.328 e. The van der Waals surface area contributed by atoms with Crippen LogP contribution in [0.3, 0.4) is 0 Å². The normalized spacial score (nSPS) is 12.8. The van der Waals surface area contributed by atoms with Crippen molar-refractivity contribution in [2.75, 3.05) is 56.5 Å². The van der Waals surface area contributed by atoms with Crippen molar-refractivity contribution in [1.82, 2.24) is 26.2 Å². The zero-order chi connectivity index (χ0) is 50.8. The summed E-state index contributed by atoms with van der Waals surface area (Å²) in [5, 5.41) is 36.3. The number of aliphatic carboxylic acids is 1. The summed E-state index contributed by atoms with van der Waals surface area (Å²) in [6.45, 7) is 5.73. The van der Waals surface area contributed by atoms with Crippen molar-refractivity contribution < 1.29 is 38.7 Å². The second-order valence-corrected chi connectivity index (χ2v) is 19.6. The number of fused-ring (bicyclic) bond motifs is 2. The third kappa shape index (κ3) is 19.3. The molecule has 0 aliphatic rings. The van der Waals surface area contributed by atoms with E-state index in [1.54, 1.807) is 35.7 Å². The Hall–Kier alpha value is -5.66. The van der Waals surface area contributed by atoms with E-state index in [0.717, 1.165) is 44.7 Å². The maximum atomic E-state index is 13.4. The van der Waals surface area contributed by atoms with Gasteiger partial charge < -0.3 is 31.1 Å². The maximum absolute atomic E-state index is 13.4. The maximum Gasteiger partial charge on any atom is 0.328 e. The molecule has 0 aliphatic heterocycles. The monoisotopic (exact) mass is 1010 g/mol. The van der Waals surface area contributed by atoms with Crippen LogP contribution < -0.4 is 21.3 Å². The molecule has 0 fully saturated rings. The summed E-state index contributed by atoms with van der Waals surface area (Å²) in [5.41, 5.74) is 3.10. The average molecular weight is 1020 g/mol. The van der Waals surface area contributed by atoms with Crippen LogP contribution in [-0.4, -0.2) is 119 Å². The van der Waals surface area contributed by atoms with Crippen molar-refractivity contribution >= 4 is 92.2 Å². The van der Waals surface area contributed by atoms with Gasteiger partial charge in [0, 0.05) is 43.6 Å². The van der Waals surface area contributed by atoms with Gasteiger partial charge in [0.25, 0.3) is 5.69 Å². The fourth-order valence-electron chi connectivity index (χ4n) is 7.58. The van der Waals surface area contributed by atoms with E-state index < -0.39 is 28.9 Å². The summed E-state index contributed by atoms with van der Waals surface area (Å²) >= 11 is 4.59. The predicted molar refractivity (Wildman–Crippen MR) is 285 cm³/mol. The molecule has 70 heavy (non-hydrogen) atoms.